The van der Waals surface area contributed by atoms with Gasteiger partial charge in [-0.05, 0) is 56.1 Å². The second-order valence-electron chi connectivity index (χ2n) is 11.3. The number of carbonyl (C=O) groups excluding carboxylic acids is 4. The number of cyclic esters (lactones) is 1. The molecule has 0 radical (unpaired) electrons. The third-order valence-electron chi connectivity index (χ3n) is 7.57. The Morgan fingerprint density at radius 2 is 1.71 bits per heavy atom. The van der Waals surface area contributed by atoms with E-state index in [2.05, 4.69) is 10.6 Å². The van der Waals surface area contributed by atoms with Gasteiger partial charge in [0.2, 0.25) is 11.8 Å². The molecule has 2 unspecified atom stereocenters. The molecular formula is C35H47N3O7. The number of nitrogens with zero attached hydrogens (tertiary/aromatic N) is 1. The third kappa shape index (κ3) is 14.4. The van der Waals surface area contributed by atoms with Gasteiger partial charge in [0.05, 0.1) is 18.6 Å². The van der Waals surface area contributed by atoms with Crippen LogP contribution in [0, 0.1) is 5.92 Å². The SMILES string of the molecule is O=C1CCCCC=CCC(CC(=O)N(CCO)Cc2ccccc2)C(=O)NC(CCCCNC(=O)OCc2ccccc2)CO1. The Hall–Kier alpha value is -4.18. The standard InChI is InChI=1S/C35H47N3O7/c39-23-22-38(25-28-14-6-4-7-15-28)32(40)24-30-18-10-2-1-3-11-20-33(41)44-27-31(37-34(30)42)19-12-13-21-36-35(43)45-26-29-16-8-5-9-17-29/h2,4-10,14-17,30-31,39H,1,3,11-13,18-27H2,(H,36,43)(H,37,42). The molecule has 3 rings (SSSR count). The summed E-state index contributed by atoms with van der Waals surface area (Å²) < 4.78 is 10.7. The van der Waals surface area contributed by atoms with Crippen molar-refractivity contribution < 1.29 is 33.8 Å². The van der Waals surface area contributed by atoms with Gasteiger partial charge >= 0.3 is 12.1 Å². The fourth-order valence-electron chi connectivity index (χ4n) is 5.01. The zero-order chi connectivity index (χ0) is 32.1. The average Bonchev–Trinajstić information content (AvgIpc) is 3.05. The highest BCUT2D eigenvalue weighted by molar-refractivity contribution is 5.86. The maximum Gasteiger partial charge on any atom is 0.407 e. The topological polar surface area (TPSA) is 134 Å². The van der Waals surface area contributed by atoms with Crippen LogP contribution in [0.5, 0.6) is 0 Å². The highest BCUT2D eigenvalue weighted by atomic mass is 16.5. The van der Waals surface area contributed by atoms with Gasteiger partial charge in [-0.1, -0.05) is 72.8 Å². The van der Waals surface area contributed by atoms with Gasteiger partial charge < -0.3 is 30.1 Å². The molecule has 0 saturated heterocycles. The minimum Gasteiger partial charge on any atom is -0.463 e. The zero-order valence-corrected chi connectivity index (χ0v) is 26.0. The number of esters is 1. The van der Waals surface area contributed by atoms with Crippen molar-refractivity contribution in [2.75, 3.05) is 26.3 Å². The van der Waals surface area contributed by atoms with E-state index in [1.165, 1.54) is 0 Å². The summed E-state index contributed by atoms with van der Waals surface area (Å²) in [5.41, 5.74) is 1.84. The molecule has 0 spiro atoms. The van der Waals surface area contributed by atoms with Crippen LogP contribution in [0.15, 0.2) is 72.8 Å². The summed E-state index contributed by atoms with van der Waals surface area (Å²) in [6.07, 6.45) is 8.29. The Morgan fingerprint density at radius 3 is 2.44 bits per heavy atom. The van der Waals surface area contributed by atoms with Crippen molar-refractivity contribution in [3.05, 3.63) is 83.9 Å². The van der Waals surface area contributed by atoms with Crippen LogP contribution < -0.4 is 10.6 Å². The number of unbranched alkanes of at least 4 members (excludes halogenated alkanes) is 1. The molecule has 45 heavy (non-hydrogen) atoms. The lowest BCUT2D eigenvalue weighted by Crippen LogP contribution is -2.44. The molecule has 1 aliphatic heterocycles. The first-order valence-corrected chi connectivity index (χ1v) is 15.9. The molecule has 1 aliphatic rings. The van der Waals surface area contributed by atoms with Gasteiger partial charge in [-0.3, -0.25) is 14.4 Å². The van der Waals surface area contributed by atoms with Crippen molar-refractivity contribution in [3.63, 3.8) is 0 Å². The minimum absolute atomic E-state index is 0.00940. The summed E-state index contributed by atoms with van der Waals surface area (Å²) in [4.78, 5) is 52.8. The maximum atomic E-state index is 13.5. The van der Waals surface area contributed by atoms with Gasteiger partial charge in [0, 0.05) is 32.5 Å². The molecule has 0 aromatic heterocycles. The number of amides is 3. The Morgan fingerprint density at radius 1 is 0.978 bits per heavy atom. The highest BCUT2D eigenvalue weighted by Crippen LogP contribution is 2.17. The number of benzene rings is 2. The number of rotatable bonds is 13. The molecule has 0 saturated carbocycles. The number of nitrogens with one attached hydrogen (secondary N) is 2. The normalized spacial score (nSPS) is 17.8. The van der Waals surface area contributed by atoms with Crippen LogP contribution in [0.25, 0.3) is 0 Å². The van der Waals surface area contributed by atoms with E-state index in [-0.39, 0.29) is 50.6 Å². The smallest absolute Gasteiger partial charge is 0.407 e. The van der Waals surface area contributed by atoms with Crippen molar-refractivity contribution in [3.8, 4) is 0 Å². The molecule has 2 aromatic carbocycles. The second-order valence-corrected chi connectivity index (χ2v) is 11.3. The average molecular weight is 622 g/mol. The molecule has 2 aromatic rings. The van der Waals surface area contributed by atoms with Crippen molar-refractivity contribution >= 4 is 23.9 Å². The maximum absolute atomic E-state index is 13.5. The van der Waals surface area contributed by atoms with Crippen LogP contribution in [-0.2, 0) is 37.0 Å². The predicted octanol–water partition coefficient (Wildman–Crippen LogP) is 4.66. The molecule has 10 heteroatoms. The van der Waals surface area contributed by atoms with Crippen molar-refractivity contribution in [1.29, 1.82) is 0 Å². The summed E-state index contributed by atoms with van der Waals surface area (Å²) in [5.74, 6) is -1.41. The predicted molar refractivity (Wildman–Crippen MR) is 171 cm³/mol. The number of aliphatic hydroxyl groups is 1. The summed E-state index contributed by atoms with van der Waals surface area (Å²) >= 11 is 0. The lowest BCUT2D eigenvalue weighted by atomic mass is 9.97. The molecule has 2 atom stereocenters. The van der Waals surface area contributed by atoms with Crippen molar-refractivity contribution in [2.24, 2.45) is 5.92 Å². The minimum atomic E-state index is -0.618. The van der Waals surface area contributed by atoms with Crippen LogP contribution in [0.3, 0.4) is 0 Å². The van der Waals surface area contributed by atoms with Crippen LogP contribution >= 0.6 is 0 Å². The number of allylic oxidation sites excluding steroid dienone is 2. The quantitative estimate of drug-likeness (QED) is 0.168. The molecule has 3 amide bonds. The van der Waals surface area contributed by atoms with Crippen LogP contribution in [-0.4, -0.2) is 66.2 Å². The van der Waals surface area contributed by atoms with Gasteiger partial charge in [-0.15, -0.1) is 0 Å². The van der Waals surface area contributed by atoms with E-state index in [0.717, 1.165) is 24.0 Å². The summed E-state index contributed by atoms with van der Waals surface area (Å²) in [7, 11) is 0. The summed E-state index contributed by atoms with van der Waals surface area (Å²) in [5, 5.41) is 15.4. The highest BCUT2D eigenvalue weighted by Gasteiger charge is 2.26. The summed E-state index contributed by atoms with van der Waals surface area (Å²) in [6.45, 7) is 0.967. The fraction of sp³-hybridized carbons (Fsp3) is 0.486. The van der Waals surface area contributed by atoms with Crippen LogP contribution in [0.2, 0.25) is 0 Å². The molecule has 0 bridgehead atoms. The molecule has 244 valence electrons. The Bertz CT molecular complexity index is 1210. The van der Waals surface area contributed by atoms with E-state index in [1.807, 2.05) is 72.8 Å². The Labute approximate surface area is 266 Å². The van der Waals surface area contributed by atoms with Crippen LogP contribution in [0.4, 0.5) is 4.79 Å². The van der Waals surface area contributed by atoms with E-state index in [1.54, 1.807) is 4.90 Å². The first-order chi connectivity index (χ1) is 21.9. The Balaban J connectivity index is 1.56. The number of alkyl carbamates (subject to hydrolysis) is 1. The van der Waals surface area contributed by atoms with Crippen LogP contribution in [0.1, 0.15) is 68.9 Å². The zero-order valence-electron chi connectivity index (χ0n) is 26.0. The van der Waals surface area contributed by atoms with E-state index in [4.69, 9.17) is 9.47 Å². The molecular weight excluding hydrogens is 574 g/mol. The summed E-state index contributed by atoms with van der Waals surface area (Å²) in [6, 6.07) is 18.5. The molecule has 0 fully saturated rings. The van der Waals surface area contributed by atoms with Gasteiger partial charge in [-0.25, -0.2) is 4.79 Å². The van der Waals surface area contributed by atoms with Gasteiger partial charge in [-0.2, -0.15) is 0 Å². The largest absolute Gasteiger partial charge is 0.463 e. The molecule has 1 heterocycles. The van der Waals surface area contributed by atoms with Gasteiger partial charge in [0.1, 0.15) is 13.2 Å². The molecule has 3 N–H and O–H groups in total. The van der Waals surface area contributed by atoms with E-state index in [0.29, 0.717) is 51.6 Å². The second kappa shape index (κ2) is 20.7. The van der Waals surface area contributed by atoms with Crippen molar-refractivity contribution in [2.45, 2.75) is 77.0 Å². The first-order valence-electron chi connectivity index (χ1n) is 15.9. The molecule has 0 aliphatic carbocycles. The van der Waals surface area contributed by atoms with E-state index in [9.17, 15) is 24.3 Å². The van der Waals surface area contributed by atoms with Gasteiger partial charge in [0.15, 0.2) is 0 Å². The third-order valence-corrected chi connectivity index (χ3v) is 7.57. The lowest BCUT2D eigenvalue weighted by Gasteiger charge is -2.26. The van der Waals surface area contributed by atoms with E-state index < -0.39 is 18.1 Å². The fourth-order valence-corrected chi connectivity index (χ4v) is 5.01. The molecule has 10 nitrogen and oxygen atoms in total. The van der Waals surface area contributed by atoms with Gasteiger partial charge in [0.25, 0.3) is 0 Å². The monoisotopic (exact) mass is 621 g/mol. The number of hydrogen-bond donors (Lipinski definition) is 3. The first kappa shape index (κ1) is 35.3. The number of carbonyl (C=O) groups is 4. The number of aliphatic hydroxyl groups excluding tert-OH is 1. The lowest BCUT2D eigenvalue weighted by molar-refractivity contribution is -0.145. The number of hydrogen-bond acceptors (Lipinski definition) is 7. The van der Waals surface area contributed by atoms with E-state index >= 15 is 0 Å². The number of ether oxygens (including phenoxy) is 2. The Kier molecular flexibility index (Phi) is 16.3. The van der Waals surface area contributed by atoms with Crippen molar-refractivity contribution in [1.82, 2.24) is 15.5 Å².